The molecule has 1 aliphatic carbocycles. The van der Waals surface area contributed by atoms with Crippen molar-refractivity contribution < 1.29 is 33.4 Å². The molecular formula is C37H56N6O7S2. The van der Waals surface area contributed by atoms with E-state index in [-0.39, 0.29) is 53.8 Å². The molecule has 0 spiro atoms. The molecule has 2 fully saturated rings. The molecule has 2 aliphatic rings. The summed E-state index contributed by atoms with van der Waals surface area (Å²) in [7, 11) is 3.09. The number of amides is 3. The van der Waals surface area contributed by atoms with Gasteiger partial charge in [-0.05, 0) is 64.0 Å². The van der Waals surface area contributed by atoms with E-state index in [1.54, 1.807) is 24.3 Å². The van der Waals surface area contributed by atoms with Gasteiger partial charge >= 0.3 is 11.9 Å². The van der Waals surface area contributed by atoms with Crippen LogP contribution in [-0.2, 0) is 35.1 Å². The molecule has 1 saturated carbocycles. The minimum Gasteiger partial charge on any atom is -0.469 e. The first-order valence-corrected chi connectivity index (χ1v) is 20.2. The summed E-state index contributed by atoms with van der Waals surface area (Å²) in [5.74, 6) is -1.91. The lowest BCUT2D eigenvalue weighted by molar-refractivity contribution is -0.149. The van der Waals surface area contributed by atoms with Gasteiger partial charge in [0.1, 0.15) is 16.7 Å². The van der Waals surface area contributed by atoms with Gasteiger partial charge in [-0.15, -0.1) is 22.7 Å². The Morgan fingerprint density at radius 3 is 2.35 bits per heavy atom. The number of nitrogens with one attached hydrogen (secondary N) is 2. The van der Waals surface area contributed by atoms with Crippen molar-refractivity contribution in [1.29, 1.82) is 0 Å². The van der Waals surface area contributed by atoms with Crippen LogP contribution in [0.4, 0.5) is 0 Å². The molecule has 3 heterocycles. The highest BCUT2D eigenvalue weighted by molar-refractivity contribution is 7.10. The lowest BCUT2D eigenvalue weighted by Gasteiger charge is -2.37. The fourth-order valence-corrected chi connectivity index (χ4v) is 8.72. The van der Waals surface area contributed by atoms with Crippen LogP contribution in [0.1, 0.15) is 112 Å². The highest BCUT2D eigenvalue weighted by Crippen LogP contribution is 2.36. The molecule has 0 aromatic carbocycles. The molecule has 288 valence electrons. The van der Waals surface area contributed by atoms with Gasteiger partial charge in [-0.3, -0.25) is 28.9 Å². The first-order chi connectivity index (χ1) is 24.7. The van der Waals surface area contributed by atoms with E-state index in [0.717, 1.165) is 55.9 Å². The Bertz CT molecular complexity index is 1540. The van der Waals surface area contributed by atoms with Gasteiger partial charge in [-0.2, -0.15) is 0 Å². The summed E-state index contributed by atoms with van der Waals surface area (Å²) in [4.78, 5) is 78.8. The van der Waals surface area contributed by atoms with Crippen LogP contribution >= 0.6 is 22.7 Å². The molecule has 0 unspecified atom stereocenters. The Kier molecular flexibility index (Phi) is 15.1. The summed E-state index contributed by atoms with van der Waals surface area (Å²) in [5.41, 5.74) is 1.04. The van der Waals surface area contributed by atoms with Crippen molar-refractivity contribution in [1.82, 2.24) is 30.4 Å². The molecule has 15 heteroatoms. The number of hydrogen-bond acceptors (Lipinski definition) is 12. The largest absolute Gasteiger partial charge is 0.469 e. The molecule has 1 saturated heterocycles. The molecule has 0 radical (unpaired) electrons. The van der Waals surface area contributed by atoms with Crippen LogP contribution in [0.25, 0.3) is 0 Å². The van der Waals surface area contributed by atoms with Crippen LogP contribution in [0.5, 0.6) is 0 Å². The zero-order chi connectivity index (χ0) is 38.1. The first-order valence-electron chi connectivity index (χ1n) is 18.5. The summed E-state index contributed by atoms with van der Waals surface area (Å²) in [5, 5.41) is 11.0. The van der Waals surface area contributed by atoms with Crippen molar-refractivity contribution in [2.24, 2.45) is 17.8 Å². The van der Waals surface area contributed by atoms with E-state index < -0.39 is 36.0 Å². The van der Waals surface area contributed by atoms with Crippen LogP contribution in [0.2, 0.25) is 0 Å². The van der Waals surface area contributed by atoms with Gasteiger partial charge in [0, 0.05) is 55.4 Å². The second-order valence-corrected chi connectivity index (χ2v) is 16.4. The van der Waals surface area contributed by atoms with Crippen LogP contribution < -0.4 is 10.6 Å². The van der Waals surface area contributed by atoms with Gasteiger partial charge in [-0.1, -0.05) is 34.1 Å². The minimum absolute atomic E-state index is 0.0220. The highest BCUT2D eigenvalue weighted by Gasteiger charge is 2.42. The third-order valence-corrected chi connectivity index (χ3v) is 12.0. The van der Waals surface area contributed by atoms with Gasteiger partial charge in [0.2, 0.25) is 11.8 Å². The summed E-state index contributed by atoms with van der Waals surface area (Å²) in [6, 6.07) is -1.62. The number of ether oxygens (including phenoxy) is 2. The molecule has 13 nitrogen and oxygen atoms in total. The molecule has 0 bridgehead atoms. The molecule has 1 aliphatic heterocycles. The Balaban J connectivity index is 1.49. The zero-order valence-corrected chi connectivity index (χ0v) is 33.4. The van der Waals surface area contributed by atoms with E-state index in [0.29, 0.717) is 17.8 Å². The van der Waals surface area contributed by atoms with Crippen molar-refractivity contribution in [2.45, 2.75) is 123 Å². The number of likely N-dealkylation sites (N-methyl/N-ethyl adjacent to an activating group) is 2. The first kappa shape index (κ1) is 41.3. The molecule has 52 heavy (non-hydrogen) atoms. The number of rotatable bonds is 18. The zero-order valence-electron chi connectivity index (χ0n) is 31.8. The van der Waals surface area contributed by atoms with Crippen molar-refractivity contribution in [2.75, 3.05) is 27.2 Å². The summed E-state index contributed by atoms with van der Waals surface area (Å²) in [6.07, 6.45) is 4.84. The van der Waals surface area contributed by atoms with E-state index in [2.05, 4.69) is 32.4 Å². The van der Waals surface area contributed by atoms with Crippen LogP contribution in [0.15, 0.2) is 10.8 Å². The van der Waals surface area contributed by atoms with Crippen molar-refractivity contribution in [3.8, 4) is 0 Å². The van der Waals surface area contributed by atoms with Gasteiger partial charge in [0.25, 0.3) is 5.91 Å². The molecule has 3 amide bonds. The smallest absolute Gasteiger partial charge is 0.308 e. The minimum atomic E-state index is -0.811. The molecule has 2 aromatic heterocycles. The van der Waals surface area contributed by atoms with E-state index in [1.807, 2.05) is 26.2 Å². The van der Waals surface area contributed by atoms with Gasteiger partial charge in [0.05, 0.1) is 24.1 Å². The van der Waals surface area contributed by atoms with Crippen molar-refractivity contribution >= 4 is 52.3 Å². The fourth-order valence-electron chi connectivity index (χ4n) is 7.03. The second kappa shape index (κ2) is 19.1. The molecule has 4 rings (SSSR count). The number of methoxy groups -OCH3 is 1. The SMILES string of the molecule is CCN1CCCC[C@@H]1C(=O)N[C@H](C(=O)N(C)[C@H](C[C@@H](OC(C)=O)c1nc(C(=O)N[C@@H](Cc2nc(C)cs2)C[C@H](C)C(=O)OC)cs1)C(C)C)C1CC1. The Morgan fingerprint density at radius 2 is 1.75 bits per heavy atom. The normalized spacial score (nSPS) is 19.2. The number of piperidine rings is 1. The second-order valence-electron chi connectivity index (χ2n) is 14.5. The molecule has 2 aromatic rings. The standard InChI is InChI=1S/C37H56N6O7S2/c1-9-43-15-11-10-12-28(43)34(46)41-32(25-13-14-25)36(47)42(7)29(21(2)3)18-30(50-24(6)44)35-40-27(20-52-35)33(45)39-26(16-22(4)37(48)49-8)17-31-38-23(5)19-51-31/h19-22,25-26,28-30,32H,9-18H2,1-8H3,(H,39,45)(H,41,46)/t22-,26+,28+,29+,30+,32-/m0/s1. The topological polar surface area (TPSA) is 160 Å². The average Bonchev–Trinajstić information content (AvgIpc) is 3.68. The maximum absolute atomic E-state index is 14.1. The molecule has 2 N–H and O–H groups in total. The van der Waals surface area contributed by atoms with Gasteiger partial charge in [-0.25, -0.2) is 9.97 Å². The lowest BCUT2D eigenvalue weighted by atomic mass is 9.95. The number of aryl methyl sites for hydroxylation is 1. The summed E-state index contributed by atoms with van der Waals surface area (Å²) in [6.45, 7) is 12.7. The number of likely N-dealkylation sites (tertiary alicyclic amines) is 1. The molecular weight excluding hydrogens is 705 g/mol. The average molecular weight is 761 g/mol. The number of hydrogen-bond donors (Lipinski definition) is 2. The third kappa shape index (κ3) is 11.3. The summed E-state index contributed by atoms with van der Waals surface area (Å²) < 4.78 is 10.7. The van der Waals surface area contributed by atoms with Gasteiger partial charge < -0.3 is 25.0 Å². The number of carbonyl (C=O) groups excluding carboxylic acids is 5. The number of thiazole rings is 2. The van der Waals surface area contributed by atoms with E-state index in [1.165, 1.54) is 36.7 Å². The summed E-state index contributed by atoms with van der Waals surface area (Å²) >= 11 is 2.70. The quantitative estimate of drug-likeness (QED) is 0.204. The predicted molar refractivity (Wildman–Crippen MR) is 200 cm³/mol. The van der Waals surface area contributed by atoms with E-state index in [4.69, 9.17) is 9.47 Å². The Labute approximate surface area is 315 Å². The lowest BCUT2D eigenvalue weighted by Crippen LogP contribution is -2.57. The number of carbonyl (C=O) groups is 5. The number of nitrogens with zero attached hydrogens (tertiary/aromatic N) is 4. The van der Waals surface area contributed by atoms with E-state index >= 15 is 0 Å². The maximum Gasteiger partial charge on any atom is 0.308 e. The molecule has 6 atom stereocenters. The number of aromatic nitrogens is 2. The van der Waals surface area contributed by atoms with Crippen molar-refractivity contribution in [3.63, 3.8) is 0 Å². The maximum atomic E-state index is 14.1. The highest BCUT2D eigenvalue weighted by atomic mass is 32.1. The predicted octanol–water partition coefficient (Wildman–Crippen LogP) is 4.69. The number of esters is 2. The third-order valence-electron chi connectivity index (χ3n) is 10.1. The van der Waals surface area contributed by atoms with Crippen LogP contribution in [-0.4, -0.2) is 101 Å². The van der Waals surface area contributed by atoms with E-state index in [9.17, 15) is 24.0 Å². The van der Waals surface area contributed by atoms with Crippen molar-refractivity contribution in [3.05, 3.63) is 32.2 Å². The van der Waals surface area contributed by atoms with Gasteiger partial charge in [0.15, 0.2) is 6.10 Å². The Hall–Kier alpha value is -3.43. The van der Waals surface area contributed by atoms with Crippen LogP contribution in [0.3, 0.4) is 0 Å². The fraction of sp³-hybridized carbons (Fsp3) is 0.703. The monoisotopic (exact) mass is 760 g/mol. The van der Waals surface area contributed by atoms with Crippen LogP contribution in [0, 0.1) is 24.7 Å². The Morgan fingerprint density at radius 1 is 1.02 bits per heavy atom.